The van der Waals surface area contributed by atoms with Crippen molar-refractivity contribution in [2.75, 3.05) is 21.1 Å². The van der Waals surface area contributed by atoms with E-state index in [-0.39, 0.29) is 5.91 Å². The third-order valence-electron chi connectivity index (χ3n) is 2.57. The van der Waals surface area contributed by atoms with Crippen molar-refractivity contribution >= 4 is 5.91 Å². The smallest absolute Gasteiger partial charge is 0.253 e. The van der Waals surface area contributed by atoms with Crippen LogP contribution in [0.3, 0.4) is 0 Å². The Bertz CT molecular complexity index is 578. The molecule has 1 amide bonds. The maximum Gasteiger partial charge on any atom is 0.253 e. The van der Waals surface area contributed by atoms with Crippen LogP contribution in [0.25, 0.3) is 11.4 Å². The molecule has 0 fully saturated rings. The summed E-state index contributed by atoms with van der Waals surface area (Å²) in [4.78, 5) is 17.7. The zero-order chi connectivity index (χ0) is 13.8. The van der Waals surface area contributed by atoms with Gasteiger partial charge in [0.05, 0.1) is 6.54 Å². The van der Waals surface area contributed by atoms with E-state index < -0.39 is 0 Å². The van der Waals surface area contributed by atoms with E-state index in [9.17, 15) is 4.79 Å². The van der Waals surface area contributed by atoms with E-state index in [1.165, 1.54) is 4.90 Å². The Morgan fingerprint density at radius 1 is 1.42 bits per heavy atom. The minimum atomic E-state index is -0.0548. The van der Waals surface area contributed by atoms with Crippen LogP contribution in [0.15, 0.2) is 28.8 Å². The molecule has 0 unspecified atom stereocenters. The number of amides is 1. The van der Waals surface area contributed by atoms with E-state index in [0.717, 1.165) is 5.56 Å². The van der Waals surface area contributed by atoms with Crippen molar-refractivity contribution in [3.8, 4) is 11.4 Å². The summed E-state index contributed by atoms with van der Waals surface area (Å²) < 4.78 is 5.09. The molecule has 0 atom stereocenters. The Morgan fingerprint density at radius 3 is 2.89 bits per heavy atom. The summed E-state index contributed by atoms with van der Waals surface area (Å²) in [7, 11) is 5.24. The summed E-state index contributed by atoms with van der Waals surface area (Å²) in [5, 5.41) is 6.84. The number of hydrogen-bond acceptors (Lipinski definition) is 5. The lowest BCUT2D eigenvalue weighted by Crippen LogP contribution is -2.21. The van der Waals surface area contributed by atoms with E-state index in [4.69, 9.17) is 4.52 Å². The Labute approximate surface area is 111 Å². The van der Waals surface area contributed by atoms with Gasteiger partial charge in [-0.2, -0.15) is 4.98 Å². The maximum absolute atomic E-state index is 11.9. The molecule has 0 saturated carbocycles. The first-order valence-corrected chi connectivity index (χ1v) is 5.91. The molecule has 19 heavy (non-hydrogen) atoms. The summed E-state index contributed by atoms with van der Waals surface area (Å²) in [5.41, 5.74) is 1.36. The fourth-order valence-corrected chi connectivity index (χ4v) is 1.64. The molecule has 6 nitrogen and oxygen atoms in total. The highest BCUT2D eigenvalue weighted by molar-refractivity contribution is 5.94. The largest absolute Gasteiger partial charge is 0.345 e. The Hall–Kier alpha value is -2.21. The van der Waals surface area contributed by atoms with Gasteiger partial charge in [-0.1, -0.05) is 17.3 Å². The van der Waals surface area contributed by atoms with Gasteiger partial charge in [0, 0.05) is 25.2 Å². The van der Waals surface area contributed by atoms with Gasteiger partial charge in [0.2, 0.25) is 11.7 Å². The van der Waals surface area contributed by atoms with Crippen LogP contribution >= 0.6 is 0 Å². The van der Waals surface area contributed by atoms with Crippen molar-refractivity contribution in [3.05, 3.63) is 35.7 Å². The SMILES string of the molecule is CNCc1nc(-c2cccc(C(=O)N(C)C)c2)no1. The first-order valence-electron chi connectivity index (χ1n) is 5.91. The van der Waals surface area contributed by atoms with Gasteiger partial charge in [0.25, 0.3) is 5.91 Å². The molecule has 0 saturated heterocycles. The molecular weight excluding hydrogens is 244 g/mol. The van der Waals surface area contributed by atoms with E-state index in [1.807, 2.05) is 6.07 Å². The second kappa shape index (κ2) is 5.62. The molecule has 0 aliphatic carbocycles. The number of carbonyl (C=O) groups is 1. The number of benzene rings is 1. The molecule has 0 aliphatic rings. The average molecular weight is 260 g/mol. The van der Waals surface area contributed by atoms with Crippen LogP contribution in [0, 0.1) is 0 Å². The molecule has 1 heterocycles. The molecular formula is C13H16N4O2. The maximum atomic E-state index is 11.9. The first-order chi connectivity index (χ1) is 9.11. The minimum Gasteiger partial charge on any atom is -0.345 e. The van der Waals surface area contributed by atoms with Gasteiger partial charge in [-0.3, -0.25) is 4.79 Å². The topological polar surface area (TPSA) is 71.3 Å². The molecule has 2 aromatic rings. The van der Waals surface area contributed by atoms with E-state index in [0.29, 0.717) is 23.8 Å². The normalized spacial score (nSPS) is 10.5. The van der Waals surface area contributed by atoms with Gasteiger partial charge in [-0.25, -0.2) is 0 Å². The number of hydrogen-bond donors (Lipinski definition) is 1. The molecule has 1 aromatic heterocycles. The molecule has 1 N–H and O–H groups in total. The first kappa shape index (κ1) is 13.2. The predicted octanol–water partition coefficient (Wildman–Crippen LogP) is 1.16. The Morgan fingerprint density at radius 2 is 2.21 bits per heavy atom. The molecule has 2 rings (SSSR count). The summed E-state index contributed by atoms with van der Waals surface area (Å²) >= 11 is 0. The van der Waals surface area contributed by atoms with Crippen molar-refractivity contribution in [2.24, 2.45) is 0 Å². The van der Waals surface area contributed by atoms with Crippen LogP contribution in [0.4, 0.5) is 0 Å². The standard InChI is InChI=1S/C13H16N4O2/c1-14-8-11-15-12(16-19-11)9-5-4-6-10(7-9)13(18)17(2)3/h4-7,14H,8H2,1-3H3. The monoisotopic (exact) mass is 260 g/mol. The number of aromatic nitrogens is 2. The number of nitrogens with one attached hydrogen (secondary N) is 1. The summed E-state index contributed by atoms with van der Waals surface area (Å²) in [6.45, 7) is 0.517. The highest BCUT2D eigenvalue weighted by Crippen LogP contribution is 2.18. The predicted molar refractivity (Wildman–Crippen MR) is 70.5 cm³/mol. The highest BCUT2D eigenvalue weighted by atomic mass is 16.5. The summed E-state index contributed by atoms with van der Waals surface area (Å²) in [6, 6.07) is 7.18. The fourth-order valence-electron chi connectivity index (χ4n) is 1.64. The lowest BCUT2D eigenvalue weighted by atomic mass is 10.1. The van der Waals surface area contributed by atoms with Crippen molar-refractivity contribution < 1.29 is 9.32 Å². The summed E-state index contributed by atoms with van der Waals surface area (Å²) in [6.07, 6.45) is 0. The van der Waals surface area contributed by atoms with Crippen LogP contribution in [0.1, 0.15) is 16.2 Å². The molecule has 1 aromatic carbocycles. The number of nitrogens with zero attached hydrogens (tertiary/aromatic N) is 3. The molecule has 100 valence electrons. The van der Waals surface area contributed by atoms with Gasteiger partial charge in [-0.05, 0) is 19.2 Å². The third kappa shape index (κ3) is 2.97. The second-order valence-corrected chi connectivity index (χ2v) is 4.32. The van der Waals surface area contributed by atoms with Gasteiger partial charge in [0.1, 0.15) is 0 Å². The average Bonchev–Trinajstić information content (AvgIpc) is 2.87. The third-order valence-corrected chi connectivity index (χ3v) is 2.57. The zero-order valence-corrected chi connectivity index (χ0v) is 11.2. The van der Waals surface area contributed by atoms with Crippen molar-refractivity contribution in [2.45, 2.75) is 6.54 Å². The van der Waals surface area contributed by atoms with Gasteiger partial charge in [0.15, 0.2) is 0 Å². The van der Waals surface area contributed by atoms with Crippen LogP contribution in [-0.4, -0.2) is 42.1 Å². The van der Waals surface area contributed by atoms with Gasteiger partial charge in [-0.15, -0.1) is 0 Å². The van der Waals surface area contributed by atoms with E-state index in [2.05, 4.69) is 15.5 Å². The van der Waals surface area contributed by atoms with Crippen LogP contribution in [0.5, 0.6) is 0 Å². The molecule has 0 radical (unpaired) electrons. The van der Waals surface area contributed by atoms with Gasteiger partial charge < -0.3 is 14.7 Å². The second-order valence-electron chi connectivity index (χ2n) is 4.32. The number of rotatable bonds is 4. The van der Waals surface area contributed by atoms with Crippen LogP contribution in [0.2, 0.25) is 0 Å². The zero-order valence-electron chi connectivity index (χ0n) is 11.2. The lowest BCUT2D eigenvalue weighted by Gasteiger charge is -2.10. The van der Waals surface area contributed by atoms with Crippen molar-refractivity contribution in [1.82, 2.24) is 20.4 Å². The molecule has 0 aliphatic heterocycles. The summed E-state index contributed by atoms with van der Waals surface area (Å²) in [5.74, 6) is 0.946. The van der Waals surface area contributed by atoms with Crippen LogP contribution < -0.4 is 5.32 Å². The molecule has 0 spiro atoms. The lowest BCUT2D eigenvalue weighted by molar-refractivity contribution is 0.0827. The number of carbonyl (C=O) groups excluding carboxylic acids is 1. The molecule has 6 heteroatoms. The minimum absolute atomic E-state index is 0.0548. The highest BCUT2D eigenvalue weighted by Gasteiger charge is 2.12. The van der Waals surface area contributed by atoms with E-state index >= 15 is 0 Å². The Balaban J connectivity index is 2.29. The van der Waals surface area contributed by atoms with Crippen molar-refractivity contribution in [1.29, 1.82) is 0 Å². The van der Waals surface area contributed by atoms with Crippen LogP contribution in [-0.2, 0) is 6.54 Å². The fraction of sp³-hybridized carbons (Fsp3) is 0.308. The Kier molecular flexibility index (Phi) is 3.91. The van der Waals surface area contributed by atoms with E-state index in [1.54, 1.807) is 39.3 Å². The molecule has 0 bridgehead atoms. The quantitative estimate of drug-likeness (QED) is 0.893. The van der Waals surface area contributed by atoms with Gasteiger partial charge >= 0.3 is 0 Å². The van der Waals surface area contributed by atoms with Crippen molar-refractivity contribution in [3.63, 3.8) is 0 Å².